The summed E-state index contributed by atoms with van der Waals surface area (Å²) in [6, 6.07) is 9.26. The lowest BCUT2D eigenvalue weighted by molar-refractivity contribution is -0.119. The number of rotatable bonds is 4. The van der Waals surface area contributed by atoms with Crippen molar-refractivity contribution in [1.29, 1.82) is 0 Å². The number of halogens is 1. The fraction of sp³-hybridized carbons (Fsp3) is 0.235. The number of carbonyl (C=O) groups excluding carboxylic acids is 1. The molecule has 0 fully saturated rings. The van der Waals surface area contributed by atoms with Gasteiger partial charge in [0.15, 0.2) is 0 Å². The van der Waals surface area contributed by atoms with Crippen LogP contribution in [0, 0.1) is 5.82 Å². The zero-order valence-electron chi connectivity index (χ0n) is 14.0. The fourth-order valence-corrected chi connectivity index (χ4v) is 4.15. The molecule has 0 bridgehead atoms. The molecule has 9 heteroatoms. The van der Waals surface area contributed by atoms with Crippen molar-refractivity contribution in [3.8, 4) is 5.75 Å². The van der Waals surface area contributed by atoms with E-state index in [9.17, 15) is 17.6 Å². The number of hydrogen-bond donors (Lipinski definition) is 2. The largest absolute Gasteiger partial charge is 0.484 e. The van der Waals surface area contributed by atoms with Gasteiger partial charge in [0.1, 0.15) is 17.7 Å². The number of nitrogens with one attached hydrogen (secondary N) is 1. The highest BCUT2D eigenvalue weighted by Crippen LogP contribution is 2.38. The quantitative estimate of drug-likeness (QED) is 0.784. The van der Waals surface area contributed by atoms with Gasteiger partial charge >= 0.3 is 0 Å². The summed E-state index contributed by atoms with van der Waals surface area (Å²) in [7, 11) is -3.96. The molecule has 0 radical (unpaired) electrons. The number of nitrogens with zero attached hydrogens (tertiary/aromatic N) is 1. The number of nitrogens with two attached hydrogens (primary N) is 1. The maximum Gasteiger partial charge on any atom is 0.264 e. The van der Waals surface area contributed by atoms with E-state index in [0.29, 0.717) is 17.1 Å². The highest BCUT2D eigenvalue weighted by Gasteiger charge is 2.34. The van der Waals surface area contributed by atoms with E-state index in [1.807, 2.05) is 0 Å². The molecule has 0 saturated carbocycles. The average Bonchev–Trinajstić information content (AvgIpc) is 2.59. The SMILES string of the molecule is CC(=O)NC[C@H]1CN(S(=O)(=O)c2ccc(F)cc2)c2cc(N)ccc2O1. The van der Waals surface area contributed by atoms with Gasteiger partial charge in [-0.3, -0.25) is 9.10 Å². The number of hydrogen-bond acceptors (Lipinski definition) is 5. The van der Waals surface area contributed by atoms with E-state index in [-0.39, 0.29) is 23.9 Å². The lowest BCUT2D eigenvalue weighted by Gasteiger charge is -2.35. The smallest absolute Gasteiger partial charge is 0.264 e. The average molecular weight is 379 g/mol. The number of carbonyl (C=O) groups is 1. The monoisotopic (exact) mass is 379 g/mol. The number of sulfonamides is 1. The zero-order chi connectivity index (χ0) is 18.9. The first-order valence-corrected chi connectivity index (χ1v) is 9.30. The van der Waals surface area contributed by atoms with Gasteiger partial charge in [-0.05, 0) is 42.5 Å². The number of amides is 1. The number of ether oxygens (including phenoxy) is 1. The lowest BCUT2D eigenvalue weighted by atomic mass is 10.2. The van der Waals surface area contributed by atoms with Crippen LogP contribution in [0.25, 0.3) is 0 Å². The molecule has 1 atom stereocenters. The van der Waals surface area contributed by atoms with Crippen LogP contribution in [0.3, 0.4) is 0 Å². The maximum absolute atomic E-state index is 13.2. The van der Waals surface area contributed by atoms with Gasteiger partial charge in [-0.1, -0.05) is 0 Å². The predicted octanol–water partition coefficient (Wildman–Crippen LogP) is 1.50. The van der Waals surface area contributed by atoms with Crippen LogP contribution in [0.15, 0.2) is 47.4 Å². The molecule has 2 aromatic carbocycles. The van der Waals surface area contributed by atoms with Crippen molar-refractivity contribution < 1.29 is 22.3 Å². The highest BCUT2D eigenvalue weighted by atomic mass is 32.2. The lowest BCUT2D eigenvalue weighted by Crippen LogP contribution is -2.48. The summed E-state index contributed by atoms with van der Waals surface area (Å²) < 4.78 is 46.3. The first-order chi connectivity index (χ1) is 12.3. The number of nitrogen functional groups attached to an aromatic ring is 1. The molecular weight excluding hydrogens is 361 g/mol. The molecule has 0 spiro atoms. The first-order valence-electron chi connectivity index (χ1n) is 7.86. The normalized spacial score (nSPS) is 16.5. The summed E-state index contributed by atoms with van der Waals surface area (Å²) in [4.78, 5) is 11.1. The molecule has 1 aliphatic heterocycles. The minimum atomic E-state index is -3.96. The topological polar surface area (TPSA) is 102 Å². The van der Waals surface area contributed by atoms with Crippen LogP contribution in [0.1, 0.15) is 6.92 Å². The Kier molecular flexibility index (Phi) is 4.73. The standard InChI is InChI=1S/C17H18FN3O4S/c1-11(22)20-9-14-10-21(16-8-13(19)4-7-17(16)25-14)26(23,24)15-5-2-12(18)3-6-15/h2-8,14H,9-10,19H2,1H3,(H,20,22)/t14-/m0/s1. The van der Waals surface area contributed by atoms with Crippen molar-refractivity contribution in [3.63, 3.8) is 0 Å². The summed E-state index contributed by atoms with van der Waals surface area (Å²) in [6.07, 6.45) is -0.578. The molecule has 1 heterocycles. The summed E-state index contributed by atoms with van der Waals surface area (Å²) in [5, 5.41) is 2.62. The summed E-state index contributed by atoms with van der Waals surface area (Å²) in [5.41, 5.74) is 6.48. The fourth-order valence-electron chi connectivity index (χ4n) is 2.65. The molecule has 0 unspecified atom stereocenters. The van der Waals surface area contributed by atoms with Crippen molar-refractivity contribution in [2.45, 2.75) is 17.9 Å². The Balaban J connectivity index is 2.01. The Labute approximate surface area is 150 Å². The second-order valence-corrected chi connectivity index (χ2v) is 7.76. The summed E-state index contributed by atoms with van der Waals surface area (Å²) >= 11 is 0. The molecule has 0 aromatic heterocycles. The molecule has 3 N–H and O–H groups in total. The Hall–Kier alpha value is -2.81. The van der Waals surface area contributed by atoms with Gasteiger partial charge in [0.2, 0.25) is 5.91 Å². The molecule has 1 aliphatic rings. The Morgan fingerprint density at radius 2 is 2.00 bits per heavy atom. The molecular formula is C17H18FN3O4S. The second kappa shape index (κ2) is 6.83. The van der Waals surface area contributed by atoms with Crippen LogP contribution >= 0.6 is 0 Å². The van der Waals surface area contributed by atoms with Crippen LogP contribution in [-0.2, 0) is 14.8 Å². The van der Waals surface area contributed by atoms with Crippen molar-refractivity contribution in [1.82, 2.24) is 5.32 Å². The van der Waals surface area contributed by atoms with Gasteiger partial charge in [-0.25, -0.2) is 12.8 Å². The van der Waals surface area contributed by atoms with Crippen molar-refractivity contribution in [2.24, 2.45) is 0 Å². The molecule has 3 rings (SSSR count). The van der Waals surface area contributed by atoms with Gasteiger partial charge < -0.3 is 15.8 Å². The molecule has 26 heavy (non-hydrogen) atoms. The van der Waals surface area contributed by atoms with Gasteiger partial charge in [0.25, 0.3) is 10.0 Å². The number of benzene rings is 2. The third-order valence-electron chi connectivity index (χ3n) is 3.90. The molecule has 1 amide bonds. The Bertz CT molecular complexity index is 932. The van der Waals surface area contributed by atoms with E-state index >= 15 is 0 Å². The second-order valence-electron chi connectivity index (χ2n) is 5.89. The first kappa shape index (κ1) is 18.0. The van der Waals surface area contributed by atoms with Crippen LogP contribution < -0.4 is 20.1 Å². The van der Waals surface area contributed by atoms with E-state index < -0.39 is 21.9 Å². The van der Waals surface area contributed by atoms with Gasteiger partial charge in [0, 0.05) is 12.6 Å². The Morgan fingerprint density at radius 1 is 1.31 bits per heavy atom. The van der Waals surface area contributed by atoms with Crippen molar-refractivity contribution in [3.05, 3.63) is 48.3 Å². The molecule has 7 nitrogen and oxygen atoms in total. The minimum absolute atomic E-state index is 0.0174. The third-order valence-corrected chi connectivity index (χ3v) is 5.69. The van der Waals surface area contributed by atoms with E-state index in [2.05, 4.69) is 5.32 Å². The highest BCUT2D eigenvalue weighted by molar-refractivity contribution is 7.92. The predicted molar refractivity (Wildman–Crippen MR) is 94.9 cm³/mol. The summed E-state index contributed by atoms with van der Waals surface area (Å²) in [5.74, 6) is -0.435. The molecule has 138 valence electrons. The van der Waals surface area contributed by atoms with Crippen LogP contribution in [0.5, 0.6) is 5.75 Å². The van der Waals surface area contributed by atoms with Crippen LogP contribution in [-0.4, -0.2) is 33.5 Å². The van der Waals surface area contributed by atoms with E-state index in [1.165, 1.54) is 29.4 Å². The molecule has 2 aromatic rings. The number of fused-ring (bicyclic) bond motifs is 1. The van der Waals surface area contributed by atoms with Gasteiger partial charge in [0.05, 0.1) is 23.7 Å². The van der Waals surface area contributed by atoms with E-state index in [0.717, 1.165) is 12.1 Å². The zero-order valence-corrected chi connectivity index (χ0v) is 14.8. The maximum atomic E-state index is 13.2. The van der Waals surface area contributed by atoms with Crippen molar-refractivity contribution in [2.75, 3.05) is 23.1 Å². The third kappa shape index (κ3) is 3.57. The van der Waals surface area contributed by atoms with Crippen molar-refractivity contribution >= 4 is 27.3 Å². The molecule has 0 saturated heterocycles. The van der Waals surface area contributed by atoms with Gasteiger partial charge in [-0.2, -0.15) is 0 Å². The number of anilines is 2. The molecule has 0 aliphatic carbocycles. The van der Waals surface area contributed by atoms with E-state index in [1.54, 1.807) is 12.1 Å². The van der Waals surface area contributed by atoms with E-state index in [4.69, 9.17) is 10.5 Å². The van der Waals surface area contributed by atoms with Gasteiger partial charge in [-0.15, -0.1) is 0 Å². The van der Waals surface area contributed by atoms with Crippen LogP contribution in [0.2, 0.25) is 0 Å². The van der Waals surface area contributed by atoms with Crippen LogP contribution in [0.4, 0.5) is 15.8 Å². The Morgan fingerprint density at radius 3 is 2.65 bits per heavy atom. The summed E-state index contributed by atoms with van der Waals surface area (Å²) in [6.45, 7) is 1.50. The minimum Gasteiger partial charge on any atom is -0.484 e.